The second-order valence-electron chi connectivity index (χ2n) is 8.79. The van der Waals surface area contributed by atoms with Gasteiger partial charge in [-0.1, -0.05) is 44.2 Å². The molecule has 4 amide bonds. The van der Waals surface area contributed by atoms with E-state index in [-0.39, 0.29) is 25.3 Å². The van der Waals surface area contributed by atoms with Crippen LogP contribution in [0, 0.1) is 5.92 Å². The van der Waals surface area contributed by atoms with Crippen molar-refractivity contribution < 1.29 is 29.1 Å². The number of hydrogen-bond acceptors (Lipinski definition) is 6. The summed E-state index contributed by atoms with van der Waals surface area (Å²) in [5.41, 5.74) is 11.7. The van der Waals surface area contributed by atoms with Gasteiger partial charge in [0.05, 0.1) is 12.5 Å². The Morgan fingerprint density at radius 2 is 1.76 bits per heavy atom. The first kappa shape index (κ1) is 26.8. The molecule has 0 bridgehead atoms. The average molecular weight is 476 g/mol. The first-order valence-electron chi connectivity index (χ1n) is 11.2. The van der Waals surface area contributed by atoms with Gasteiger partial charge in [0.25, 0.3) is 0 Å². The molecule has 1 saturated heterocycles. The molecule has 4 atom stereocenters. The number of primary amides is 1. The normalized spacial score (nSPS) is 18.1. The standard InChI is InChI=1S/C23H33N5O6/c1-13(2)19(23(33)34)27-20(30)16(11-14-7-4-3-5-8-14)26-21(31)17-9-6-10-28(17)22(32)15(24)12-18(25)29/h3-5,7-8,13,15-17,19H,6,9-12,24H2,1-2H3,(H2,25,29)(H,26,31)(H,27,30)(H,33,34). The highest BCUT2D eigenvalue weighted by atomic mass is 16.4. The molecule has 7 N–H and O–H groups in total. The Balaban J connectivity index is 2.19. The maximum Gasteiger partial charge on any atom is 0.326 e. The number of amides is 4. The van der Waals surface area contributed by atoms with Gasteiger partial charge in [0.2, 0.25) is 23.6 Å². The van der Waals surface area contributed by atoms with Crippen LogP contribution in [0.5, 0.6) is 0 Å². The number of carboxylic acids is 1. The van der Waals surface area contributed by atoms with Crippen molar-refractivity contribution in [1.29, 1.82) is 0 Å². The van der Waals surface area contributed by atoms with Crippen LogP contribution in [0.25, 0.3) is 0 Å². The van der Waals surface area contributed by atoms with Crippen LogP contribution in [0.1, 0.15) is 38.7 Å². The van der Waals surface area contributed by atoms with Gasteiger partial charge in [-0.2, -0.15) is 0 Å². The van der Waals surface area contributed by atoms with Crippen molar-refractivity contribution >= 4 is 29.6 Å². The van der Waals surface area contributed by atoms with Gasteiger partial charge in [0.15, 0.2) is 0 Å². The van der Waals surface area contributed by atoms with Gasteiger partial charge in [-0.25, -0.2) is 4.79 Å². The third-order valence-corrected chi connectivity index (χ3v) is 5.72. The summed E-state index contributed by atoms with van der Waals surface area (Å²) in [6, 6.07) is 4.76. The molecular weight excluding hydrogens is 442 g/mol. The van der Waals surface area contributed by atoms with Crippen molar-refractivity contribution in [2.24, 2.45) is 17.4 Å². The molecule has 1 aliphatic heterocycles. The number of hydrogen-bond donors (Lipinski definition) is 5. The van der Waals surface area contributed by atoms with E-state index in [1.807, 2.05) is 6.07 Å². The Kier molecular flexibility index (Phi) is 9.55. The van der Waals surface area contributed by atoms with E-state index >= 15 is 0 Å². The molecule has 1 aromatic carbocycles. The number of benzene rings is 1. The summed E-state index contributed by atoms with van der Waals surface area (Å²) in [6.07, 6.45) is 0.709. The van der Waals surface area contributed by atoms with E-state index in [9.17, 15) is 29.1 Å². The predicted octanol–water partition coefficient (Wildman–Crippen LogP) is -0.867. The van der Waals surface area contributed by atoms with Crippen LogP contribution >= 0.6 is 0 Å². The molecule has 1 fully saturated rings. The fourth-order valence-corrected chi connectivity index (χ4v) is 3.91. The summed E-state index contributed by atoms with van der Waals surface area (Å²) in [5, 5.41) is 14.6. The van der Waals surface area contributed by atoms with Gasteiger partial charge < -0.3 is 32.1 Å². The number of nitrogens with two attached hydrogens (primary N) is 2. The highest BCUT2D eigenvalue weighted by molar-refractivity contribution is 5.95. The number of carbonyl (C=O) groups excluding carboxylic acids is 4. The molecule has 0 radical (unpaired) electrons. The van der Waals surface area contributed by atoms with Gasteiger partial charge >= 0.3 is 5.97 Å². The van der Waals surface area contributed by atoms with Crippen molar-refractivity contribution in [3.8, 4) is 0 Å². The van der Waals surface area contributed by atoms with Crippen molar-refractivity contribution in [1.82, 2.24) is 15.5 Å². The van der Waals surface area contributed by atoms with Gasteiger partial charge in [-0.3, -0.25) is 19.2 Å². The summed E-state index contributed by atoms with van der Waals surface area (Å²) in [7, 11) is 0. The lowest BCUT2D eigenvalue weighted by Crippen LogP contribution is -2.57. The van der Waals surface area contributed by atoms with E-state index < -0.39 is 53.8 Å². The van der Waals surface area contributed by atoms with Crippen molar-refractivity contribution in [3.05, 3.63) is 35.9 Å². The fraction of sp³-hybridized carbons (Fsp3) is 0.522. The van der Waals surface area contributed by atoms with Gasteiger partial charge in [-0.05, 0) is 24.3 Å². The van der Waals surface area contributed by atoms with Crippen LogP contribution in [0.2, 0.25) is 0 Å². The molecule has 1 aromatic rings. The van der Waals surface area contributed by atoms with Crippen molar-refractivity contribution in [3.63, 3.8) is 0 Å². The number of carbonyl (C=O) groups is 5. The van der Waals surface area contributed by atoms with Crippen LogP contribution in [0.4, 0.5) is 0 Å². The van der Waals surface area contributed by atoms with E-state index in [2.05, 4.69) is 10.6 Å². The quantitative estimate of drug-likeness (QED) is 0.275. The fourth-order valence-electron chi connectivity index (χ4n) is 3.91. The maximum absolute atomic E-state index is 13.1. The Bertz CT molecular complexity index is 906. The minimum Gasteiger partial charge on any atom is -0.480 e. The zero-order valence-electron chi connectivity index (χ0n) is 19.4. The summed E-state index contributed by atoms with van der Waals surface area (Å²) in [5.74, 6) is -4.03. The van der Waals surface area contributed by atoms with Crippen LogP contribution < -0.4 is 22.1 Å². The first-order chi connectivity index (χ1) is 16.0. The second-order valence-corrected chi connectivity index (χ2v) is 8.79. The van der Waals surface area contributed by atoms with Crippen molar-refractivity contribution in [2.45, 2.75) is 63.7 Å². The van der Waals surface area contributed by atoms with E-state index in [1.54, 1.807) is 38.1 Å². The number of nitrogens with zero attached hydrogens (tertiary/aromatic N) is 1. The lowest BCUT2D eigenvalue weighted by atomic mass is 10.0. The maximum atomic E-state index is 13.1. The number of rotatable bonds is 11. The number of likely N-dealkylation sites (tertiary alicyclic amines) is 1. The molecule has 4 unspecified atom stereocenters. The van der Waals surface area contributed by atoms with Crippen LogP contribution in [-0.2, 0) is 30.4 Å². The van der Waals surface area contributed by atoms with Crippen LogP contribution in [0.15, 0.2) is 30.3 Å². The molecule has 0 aromatic heterocycles. The molecule has 0 spiro atoms. The topological polar surface area (TPSA) is 185 Å². The highest BCUT2D eigenvalue weighted by Crippen LogP contribution is 2.19. The lowest BCUT2D eigenvalue weighted by Gasteiger charge is -2.29. The number of nitrogens with one attached hydrogen (secondary N) is 2. The Labute approximate surface area is 198 Å². The second kappa shape index (κ2) is 12.1. The average Bonchev–Trinajstić information content (AvgIpc) is 3.26. The lowest BCUT2D eigenvalue weighted by molar-refractivity contribution is -0.144. The molecule has 34 heavy (non-hydrogen) atoms. The van der Waals surface area contributed by atoms with Crippen LogP contribution in [-0.4, -0.2) is 70.3 Å². The Hall–Kier alpha value is -3.47. The van der Waals surface area contributed by atoms with Gasteiger partial charge in [0, 0.05) is 13.0 Å². The minimum atomic E-state index is -1.18. The summed E-state index contributed by atoms with van der Waals surface area (Å²) in [6.45, 7) is 3.62. The summed E-state index contributed by atoms with van der Waals surface area (Å²) >= 11 is 0. The molecule has 2 rings (SSSR count). The SMILES string of the molecule is CC(C)C(NC(=O)C(Cc1ccccc1)NC(=O)C1CCCN1C(=O)C(N)CC(N)=O)C(=O)O. The molecule has 1 aliphatic rings. The molecule has 11 nitrogen and oxygen atoms in total. The zero-order chi connectivity index (χ0) is 25.4. The summed E-state index contributed by atoms with van der Waals surface area (Å²) < 4.78 is 0. The molecule has 1 heterocycles. The van der Waals surface area contributed by atoms with Crippen molar-refractivity contribution in [2.75, 3.05) is 6.54 Å². The monoisotopic (exact) mass is 475 g/mol. The number of aliphatic carboxylic acids is 1. The minimum absolute atomic E-state index is 0.130. The third kappa shape index (κ3) is 7.27. The molecule has 0 saturated carbocycles. The van der Waals surface area contributed by atoms with E-state index in [1.165, 1.54) is 4.90 Å². The highest BCUT2D eigenvalue weighted by Gasteiger charge is 2.38. The Morgan fingerprint density at radius 3 is 2.32 bits per heavy atom. The van der Waals surface area contributed by atoms with Gasteiger partial charge in [0.1, 0.15) is 18.1 Å². The van der Waals surface area contributed by atoms with E-state index in [0.29, 0.717) is 12.8 Å². The largest absolute Gasteiger partial charge is 0.480 e. The van der Waals surface area contributed by atoms with Crippen LogP contribution in [0.3, 0.4) is 0 Å². The molecular formula is C23H33N5O6. The third-order valence-electron chi connectivity index (χ3n) is 5.72. The number of carboxylic acid groups (broad SMARTS) is 1. The molecule has 11 heteroatoms. The Morgan fingerprint density at radius 1 is 1.12 bits per heavy atom. The smallest absolute Gasteiger partial charge is 0.326 e. The van der Waals surface area contributed by atoms with E-state index in [4.69, 9.17) is 11.5 Å². The molecule has 186 valence electrons. The van der Waals surface area contributed by atoms with Gasteiger partial charge in [-0.15, -0.1) is 0 Å². The summed E-state index contributed by atoms with van der Waals surface area (Å²) in [4.78, 5) is 62.8. The predicted molar refractivity (Wildman–Crippen MR) is 123 cm³/mol. The first-order valence-corrected chi connectivity index (χ1v) is 11.2. The van der Waals surface area contributed by atoms with E-state index in [0.717, 1.165) is 5.56 Å². The molecule has 0 aliphatic carbocycles. The zero-order valence-corrected chi connectivity index (χ0v) is 19.4.